The highest BCUT2D eigenvalue weighted by Crippen LogP contribution is 2.19. The number of hydrogen-bond acceptors (Lipinski definition) is 4. The summed E-state index contributed by atoms with van der Waals surface area (Å²) >= 11 is 0. The number of carbonyl (C=O) groups is 1. The van der Waals surface area contributed by atoms with Crippen LogP contribution in [0, 0.1) is 0 Å². The largest absolute Gasteiger partial charge is 0.378 e. The van der Waals surface area contributed by atoms with Crippen LogP contribution in [0.3, 0.4) is 0 Å². The molecule has 25 heavy (non-hydrogen) atoms. The third-order valence-corrected chi connectivity index (χ3v) is 4.16. The number of benzene rings is 1. The molecule has 6 heteroatoms. The van der Waals surface area contributed by atoms with E-state index in [9.17, 15) is 4.79 Å². The fourth-order valence-corrected chi connectivity index (χ4v) is 2.82. The Morgan fingerprint density at radius 1 is 1.20 bits per heavy atom. The number of hydrogen-bond donors (Lipinski definition) is 1. The Morgan fingerprint density at radius 3 is 2.80 bits per heavy atom. The second kappa shape index (κ2) is 7.34. The Kier molecular flexibility index (Phi) is 4.97. The van der Waals surface area contributed by atoms with Gasteiger partial charge in [0.05, 0.1) is 6.04 Å². The molecule has 0 radical (unpaired) electrons. The quantitative estimate of drug-likeness (QED) is 0.751. The maximum absolute atomic E-state index is 12.7. The van der Waals surface area contributed by atoms with E-state index in [2.05, 4.69) is 22.4 Å². The zero-order valence-electron chi connectivity index (χ0n) is 14.8. The van der Waals surface area contributed by atoms with E-state index in [0.29, 0.717) is 5.56 Å². The highest BCUT2D eigenvalue weighted by Gasteiger charge is 2.20. The van der Waals surface area contributed by atoms with E-state index in [-0.39, 0.29) is 11.9 Å². The summed E-state index contributed by atoms with van der Waals surface area (Å²) in [5, 5.41) is 11.6. The minimum atomic E-state index is -0.182. The molecular weight excluding hydrogens is 314 g/mol. The molecule has 1 atom stereocenters. The molecule has 1 amide bonds. The molecule has 0 bridgehead atoms. The van der Waals surface area contributed by atoms with Gasteiger partial charge in [-0.25, -0.2) is 0 Å². The second-order valence-corrected chi connectivity index (χ2v) is 6.25. The van der Waals surface area contributed by atoms with E-state index < -0.39 is 0 Å². The number of amides is 1. The Bertz CT molecular complexity index is 871. The van der Waals surface area contributed by atoms with Gasteiger partial charge in [-0.15, -0.1) is 10.2 Å². The van der Waals surface area contributed by atoms with Gasteiger partial charge in [-0.3, -0.25) is 9.20 Å². The average Bonchev–Trinajstić information content (AvgIpc) is 3.05. The summed E-state index contributed by atoms with van der Waals surface area (Å²) in [5.41, 5.74) is 2.41. The standard InChI is InChI=1S/C19H23N5O/c1-4-8-16(18-22-21-17-11-5-6-12-24(17)18)20-19(25)14-9-7-10-15(13-14)23(2)3/h5-7,9-13,16H,4,8H2,1-3H3,(H,20,25)/t16-/m1/s1. The summed E-state index contributed by atoms with van der Waals surface area (Å²) in [6.07, 6.45) is 3.66. The number of fused-ring (bicyclic) bond motifs is 1. The third-order valence-electron chi connectivity index (χ3n) is 4.16. The molecule has 0 saturated heterocycles. The molecule has 0 unspecified atom stereocenters. The first-order chi connectivity index (χ1) is 12.1. The Hall–Kier alpha value is -2.89. The van der Waals surface area contributed by atoms with Crippen LogP contribution in [-0.4, -0.2) is 34.6 Å². The molecule has 6 nitrogen and oxygen atoms in total. The first-order valence-corrected chi connectivity index (χ1v) is 8.48. The van der Waals surface area contributed by atoms with Crippen molar-refractivity contribution in [1.82, 2.24) is 19.9 Å². The summed E-state index contributed by atoms with van der Waals surface area (Å²) in [4.78, 5) is 14.7. The van der Waals surface area contributed by atoms with E-state index in [1.165, 1.54) is 0 Å². The predicted molar refractivity (Wildman–Crippen MR) is 98.9 cm³/mol. The number of anilines is 1. The summed E-state index contributed by atoms with van der Waals surface area (Å²) in [6, 6.07) is 13.2. The summed E-state index contributed by atoms with van der Waals surface area (Å²) in [5.74, 6) is 0.657. The van der Waals surface area contributed by atoms with Crippen molar-refractivity contribution in [2.24, 2.45) is 0 Å². The van der Waals surface area contributed by atoms with Crippen LogP contribution in [0.1, 0.15) is 42.0 Å². The number of pyridine rings is 1. The number of nitrogens with one attached hydrogen (secondary N) is 1. The van der Waals surface area contributed by atoms with Gasteiger partial charge in [-0.2, -0.15) is 0 Å². The van der Waals surface area contributed by atoms with E-state index in [0.717, 1.165) is 30.0 Å². The van der Waals surface area contributed by atoms with Crippen molar-refractivity contribution in [3.63, 3.8) is 0 Å². The molecule has 0 aliphatic rings. The van der Waals surface area contributed by atoms with Gasteiger partial charge in [0.1, 0.15) is 0 Å². The molecule has 1 N–H and O–H groups in total. The van der Waals surface area contributed by atoms with Crippen molar-refractivity contribution in [2.75, 3.05) is 19.0 Å². The van der Waals surface area contributed by atoms with Gasteiger partial charge in [0.15, 0.2) is 11.5 Å². The average molecular weight is 337 g/mol. The molecule has 0 spiro atoms. The van der Waals surface area contributed by atoms with Gasteiger partial charge in [0.2, 0.25) is 0 Å². The highest BCUT2D eigenvalue weighted by molar-refractivity contribution is 5.95. The smallest absolute Gasteiger partial charge is 0.251 e. The topological polar surface area (TPSA) is 62.5 Å². The van der Waals surface area contributed by atoms with Crippen LogP contribution >= 0.6 is 0 Å². The molecule has 3 rings (SSSR count). The molecule has 2 heterocycles. The van der Waals surface area contributed by atoms with Crippen LogP contribution in [-0.2, 0) is 0 Å². The number of nitrogens with zero attached hydrogens (tertiary/aromatic N) is 4. The first-order valence-electron chi connectivity index (χ1n) is 8.48. The molecular formula is C19H23N5O. The summed E-state index contributed by atoms with van der Waals surface area (Å²) < 4.78 is 1.93. The lowest BCUT2D eigenvalue weighted by atomic mass is 10.1. The maximum Gasteiger partial charge on any atom is 0.251 e. The van der Waals surface area contributed by atoms with Crippen LogP contribution in [0.25, 0.3) is 5.65 Å². The number of rotatable bonds is 6. The van der Waals surface area contributed by atoms with Crippen molar-refractivity contribution >= 4 is 17.2 Å². The Morgan fingerprint density at radius 2 is 2.04 bits per heavy atom. The van der Waals surface area contributed by atoms with Crippen molar-refractivity contribution < 1.29 is 4.79 Å². The van der Waals surface area contributed by atoms with Gasteiger partial charge < -0.3 is 10.2 Å². The predicted octanol–water partition coefficient (Wildman–Crippen LogP) is 3.07. The van der Waals surface area contributed by atoms with E-state index in [4.69, 9.17) is 0 Å². The zero-order chi connectivity index (χ0) is 17.8. The molecule has 3 aromatic rings. The van der Waals surface area contributed by atoms with Crippen LogP contribution in [0.2, 0.25) is 0 Å². The Balaban J connectivity index is 1.87. The lowest BCUT2D eigenvalue weighted by Gasteiger charge is -2.18. The fourth-order valence-electron chi connectivity index (χ4n) is 2.82. The fraction of sp³-hybridized carbons (Fsp3) is 0.316. The minimum absolute atomic E-state index is 0.102. The molecule has 2 aromatic heterocycles. The molecule has 0 aliphatic carbocycles. The van der Waals surface area contributed by atoms with Crippen LogP contribution < -0.4 is 10.2 Å². The van der Waals surface area contributed by atoms with Gasteiger partial charge >= 0.3 is 0 Å². The highest BCUT2D eigenvalue weighted by atomic mass is 16.1. The van der Waals surface area contributed by atoms with Gasteiger partial charge in [-0.05, 0) is 36.8 Å². The number of aromatic nitrogens is 3. The first kappa shape index (κ1) is 17.0. The van der Waals surface area contributed by atoms with E-state index in [1.54, 1.807) is 0 Å². The Labute approximate surface area is 147 Å². The van der Waals surface area contributed by atoms with Crippen LogP contribution in [0.5, 0.6) is 0 Å². The zero-order valence-corrected chi connectivity index (χ0v) is 14.8. The van der Waals surface area contributed by atoms with Gasteiger partial charge in [-0.1, -0.05) is 25.5 Å². The monoisotopic (exact) mass is 337 g/mol. The van der Waals surface area contributed by atoms with Crippen molar-refractivity contribution in [1.29, 1.82) is 0 Å². The molecule has 1 aromatic carbocycles. The van der Waals surface area contributed by atoms with Gasteiger partial charge in [0, 0.05) is 31.5 Å². The summed E-state index contributed by atoms with van der Waals surface area (Å²) in [6.45, 7) is 2.09. The minimum Gasteiger partial charge on any atom is -0.378 e. The normalized spacial score (nSPS) is 12.1. The third kappa shape index (κ3) is 3.63. The van der Waals surface area contributed by atoms with E-state index >= 15 is 0 Å². The van der Waals surface area contributed by atoms with Crippen LogP contribution in [0.4, 0.5) is 5.69 Å². The number of carbonyl (C=O) groups excluding carboxylic acids is 1. The lowest BCUT2D eigenvalue weighted by molar-refractivity contribution is 0.0932. The van der Waals surface area contributed by atoms with E-state index in [1.807, 2.05) is 72.1 Å². The van der Waals surface area contributed by atoms with Gasteiger partial charge in [0.25, 0.3) is 5.91 Å². The molecule has 0 fully saturated rings. The molecule has 0 aliphatic heterocycles. The second-order valence-electron chi connectivity index (χ2n) is 6.25. The lowest BCUT2D eigenvalue weighted by Crippen LogP contribution is -2.30. The summed E-state index contributed by atoms with van der Waals surface area (Å²) in [7, 11) is 3.92. The SMILES string of the molecule is CCC[C@@H](NC(=O)c1cccc(N(C)C)c1)c1nnc2ccccn12. The molecule has 0 saturated carbocycles. The maximum atomic E-state index is 12.7. The van der Waals surface area contributed by atoms with Crippen molar-refractivity contribution in [2.45, 2.75) is 25.8 Å². The van der Waals surface area contributed by atoms with Crippen molar-refractivity contribution in [3.05, 3.63) is 60.0 Å². The molecule has 130 valence electrons. The van der Waals surface area contributed by atoms with Crippen LogP contribution in [0.15, 0.2) is 48.7 Å². The van der Waals surface area contributed by atoms with Crippen molar-refractivity contribution in [3.8, 4) is 0 Å².